The molecule has 0 saturated heterocycles. The second-order valence-electron chi connectivity index (χ2n) is 14.8. The lowest BCUT2D eigenvalue weighted by molar-refractivity contribution is 0.666. The van der Waals surface area contributed by atoms with Crippen LogP contribution < -0.4 is 0 Å². The van der Waals surface area contributed by atoms with Crippen LogP contribution in [0.1, 0.15) is 0 Å². The van der Waals surface area contributed by atoms with Gasteiger partial charge in [-0.25, -0.2) is 15.0 Å². The van der Waals surface area contributed by atoms with E-state index in [2.05, 4.69) is 138 Å². The van der Waals surface area contributed by atoms with Crippen LogP contribution in [0, 0.1) is 0 Å². The summed E-state index contributed by atoms with van der Waals surface area (Å²) < 4.78 is 9.44. The monoisotopic (exact) mass is 740 g/mol. The Balaban J connectivity index is 1.16. The van der Waals surface area contributed by atoms with Crippen LogP contribution in [0.25, 0.3) is 116 Å². The average molecular weight is 741 g/mol. The highest BCUT2D eigenvalue weighted by atomic mass is 16.3. The fourth-order valence-corrected chi connectivity index (χ4v) is 8.79. The van der Waals surface area contributed by atoms with Crippen molar-refractivity contribution in [1.82, 2.24) is 19.5 Å². The molecule has 3 aromatic heterocycles. The summed E-state index contributed by atoms with van der Waals surface area (Å²) in [6.45, 7) is 0. The van der Waals surface area contributed by atoms with Crippen molar-refractivity contribution in [1.29, 1.82) is 0 Å². The molecular weight excluding hydrogens is 709 g/mol. The van der Waals surface area contributed by atoms with Crippen molar-refractivity contribution in [2.24, 2.45) is 0 Å². The molecule has 0 bridgehead atoms. The highest BCUT2D eigenvalue weighted by molar-refractivity contribution is 6.29. The molecule has 0 aliphatic carbocycles. The Bertz CT molecular complexity index is 3400. The molecule has 58 heavy (non-hydrogen) atoms. The van der Waals surface area contributed by atoms with Crippen LogP contribution in [0.4, 0.5) is 0 Å². The molecular formula is C53H32N4O. The molecule has 0 fully saturated rings. The highest BCUT2D eigenvalue weighted by Gasteiger charge is 2.23. The summed E-state index contributed by atoms with van der Waals surface area (Å²) in [4.78, 5) is 15.1. The Morgan fingerprint density at radius 3 is 1.43 bits per heavy atom. The maximum absolute atomic E-state index is 7.05. The first-order chi connectivity index (χ1) is 28.8. The Labute approximate surface area is 333 Å². The molecule has 0 N–H and O–H groups in total. The SMILES string of the molecule is c1ccc(-c2nc(-c3ccccc3)nc(-c3ccc4oc5c(-n6c7ccc8ccccc8c7c7c8ccccc8ccc76)ccc(-c6ccccc6)c5c4c3)n2)cc1. The van der Waals surface area contributed by atoms with Crippen molar-refractivity contribution >= 4 is 65.3 Å². The number of furan rings is 1. The fourth-order valence-electron chi connectivity index (χ4n) is 8.79. The average Bonchev–Trinajstić information content (AvgIpc) is 3.86. The van der Waals surface area contributed by atoms with Gasteiger partial charge in [-0.05, 0) is 69.1 Å². The molecule has 0 unspecified atom stereocenters. The van der Waals surface area contributed by atoms with E-state index in [1.807, 2.05) is 60.7 Å². The maximum atomic E-state index is 7.05. The number of nitrogens with zero attached hydrogens (tertiary/aromatic N) is 4. The molecule has 12 rings (SSSR count). The van der Waals surface area contributed by atoms with Gasteiger partial charge in [0.25, 0.3) is 0 Å². The Hall–Kier alpha value is -7.89. The lowest BCUT2D eigenvalue weighted by atomic mass is 9.98. The molecule has 9 aromatic carbocycles. The smallest absolute Gasteiger partial charge is 0.164 e. The van der Waals surface area contributed by atoms with Crippen LogP contribution in [-0.4, -0.2) is 19.5 Å². The predicted octanol–water partition coefficient (Wildman–Crippen LogP) is 13.8. The normalized spacial score (nSPS) is 11.8. The molecule has 270 valence electrons. The van der Waals surface area contributed by atoms with E-state index in [-0.39, 0.29) is 0 Å². The summed E-state index contributed by atoms with van der Waals surface area (Å²) in [5, 5.41) is 9.40. The van der Waals surface area contributed by atoms with Gasteiger partial charge in [0.2, 0.25) is 0 Å². The molecule has 0 aliphatic heterocycles. The molecule has 3 heterocycles. The second kappa shape index (κ2) is 12.8. The zero-order valence-electron chi connectivity index (χ0n) is 31.2. The molecule has 0 atom stereocenters. The summed E-state index contributed by atoms with van der Waals surface area (Å²) in [5.74, 6) is 1.85. The molecule has 0 radical (unpaired) electrons. The maximum Gasteiger partial charge on any atom is 0.164 e. The molecule has 0 aliphatic rings. The summed E-state index contributed by atoms with van der Waals surface area (Å²) in [7, 11) is 0. The quantitative estimate of drug-likeness (QED) is 0.176. The summed E-state index contributed by atoms with van der Waals surface area (Å²) in [5.41, 5.74) is 9.81. The zero-order chi connectivity index (χ0) is 38.2. The van der Waals surface area contributed by atoms with Gasteiger partial charge >= 0.3 is 0 Å². The topological polar surface area (TPSA) is 56.7 Å². The largest absolute Gasteiger partial charge is 0.454 e. The third kappa shape index (κ3) is 5.00. The molecule has 0 spiro atoms. The van der Waals surface area contributed by atoms with Crippen molar-refractivity contribution in [3.63, 3.8) is 0 Å². The molecule has 12 aromatic rings. The standard InChI is InChI=1S/C53H32N4O/c1-4-14-33(15-5-1)41-27-30-45(57-43-28-24-34-16-10-12-22-39(34)48(43)49-40-23-13-11-17-35(40)25-29-44(49)57)50-47(41)42-32-38(26-31-46(42)58-50)53-55-51(36-18-6-2-7-19-36)54-52(56-53)37-20-8-3-9-21-37/h1-32H. The van der Waals surface area contributed by atoms with Crippen molar-refractivity contribution in [3.05, 3.63) is 194 Å². The molecule has 0 saturated carbocycles. The van der Waals surface area contributed by atoms with Gasteiger partial charge in [0, 0.05) is 38.2 Å². The van der Waals surface area contributed by atoms with Gasteiger partial charge in [0.1, 0.15) is 5.58 Å². The third-order valence-corrected chi connectivity index (χ3v) is 11.4. The Kier molecular flexibility index (Phi) is 7.16. The van der Waals surface area contributed by atoms with Gasteiger partial charge in [-0.1, -0.05) is 158 Å². The zero-order valence-corrected chi connectivity index (χ0v) is 31.2. The summed E-state index contributed by atoms with van der Waals surface area (Å²) in [6, 6.07) is 67.9. The predicted molar refractivity (Wildman–Crippen MR) is 238 cm³/mol. The first-order valence-electron chi connectivity index (χ1n) is 19.5. The van der Waals surface area contributed by atoms with Gasteiger partial charge < -0.3 is 8.98 Å². The van der Waals surface area contributed by atoms with Crippen LogP contribution in [0.15, 0.2) is 199 Å². The first kappa shape index (κ1) is 32.4. The Morgan fingerprint density at radius 1 is 0.362 bits per heavy atom. The van der Waals surface area contributed by atoms with E-state index >= 15 is 0 Å². The number of aromatic nitrogens is 4. The van der Waals surface area contributed by atoms with E-state index in [4.69, 9.17) is 19.4 Å². The van der Waals surface area contributed by atoms with Crippen LogP contribution in [0.5, 0.6) is 0 Å². The van der Waals surface area contributed by atoms with Gasteiger partial charge in [-0.2, -0.15) is 0 Å². The van der Waals surface area contributed by atoms with Crippen molar-refractivity contribution in [2.75, 3.05) is 0 Å². The lowest BCUT2D eigenvalue weighted by Crippen LogP contribution is -2.00. The van der Waals surface area contributed by atoms with Gasteiger partial charge in [-0.15, -0.1) is 0 Å². The minimum Gasteiger partial charge on any atom is -0.454 e. The number of hydrogen-bond donors (Lipinski definition) is 0. The van der Waals surface area contributed by atoms with E-state index in [1.165, 1.54) is 32.3 Å². The van der Waals surface area contributed by atoms with E-state index in [1.54, 1.807) is 0 Å². The molecule has 0 amide bonds. The number of fused-ring (bicyclic) bond motifs is 10. The second-order valence-corrected chi connectivity index (χ2v) is 14.8. The van der Waals surface area contributed by atoms with Crippen LogP contribution in [-0.2, 0) is 0 Å². The lowest BCUT2D eigenvalue weighted by Gasteiger charge is -2.12. The molecule has 5 nitrogen and oxygen atoms in total. The number of benzene rings is 9. The number of hydrogen-bond acceptors (Lipinski definition) is 4. The minimum atomic E-state index is 0.600. The third-order valence-electron chi connectivity index (χ3n) is 11.4. The van der Waals surface area contributed by atoms with E-state index in [0.717, 1.165) is 66.5 Å². The van der Waals surface area contributed by atoms with Crippen molar-refractivity contribution in [3.8, 4) is 51.0 Å². The van der Waals surface area contributed by atoms with Crippen LogP contribution in [0.2, 0.25) is 0 Å². The van der Waals surface area contributed by atoms with Crippen molar-refractivity contribution in [2.45, 2.75) is 0 Å². The van der Waals surface area contributed by atoms with E-state index in [0.29, 0.717) is 17.5 Å². The van der Waals surface area contributed by atoms with E-state index < -0.39 is 0 Å². The highest BCUT2D eigenvalue weighted by Crippen LogP contribution is 2.45. The van der Waals surface area contributed by atoms with E-state index in [9.17, 15) is 0 Å². The van der Waals surface area contributed by atoms with Gasteiger partial charge in [0.15, 0.2) is 23.1 Å². The van der Waals surface area contributed by atoms with Crippen LogP contribution in [0.3, 0.4) is 0 Å². The van der Waals surface area contributed by atoms with Gasteiger partial charge in [-0.3, -0.25) is 0 Å². The van der Waals surface area contributed by atoms with Gasteiger partial charge in [0.05, 0.1) is 16.7 Å². The molecule has 5 heteroatoms. The minimum absolute atomic E-state index is 0.600. The fraction of sp³-hybridized carbons (Fsp3) is 0. The number of rotatable bonds is 5. The summed E-state index contributed by atoms with van der Waals surface area (Å²) in [6.07, 6.45) is 0. The first-order valence-corrected chi connectivity index (χ1v) is 19.5. The summed E-state index contributed by atoms with van der Waals surface area (Å²) >= 11 is 0. The Morgan fingerprint density at radius 2 is 0.862 bits per heavy atom. The van der Waals surface area contributed by atoms with Crippen LogP contribution >= 0.6 is 0 Å². The van der Waals surface area contributed by atoms with Crippen molar-refractivity contribution < 1.29 is 4.42 Å².